The second kappa shape index (κ2) is 7.08. The van der Waals surface area contributed by atoms with E-state index in [1.54, 1.807) is 4.90 Å². The van der Waals surface area contributed by atoms with Crippen molar-refractivity contribution in [3.05, 3.63) is 46.5 Å². The van der Waals surface area contributed by atoms with Gasteiger partial charge in [-0.25, -0.2) is 4.79 Å². The molecule has 0 radical (unpaired) electrons. The summed E-state index contributed by atoms with van der Waals surface area (Å²) in [6, 6.07) is 8.97. The van der Waals surface area contributed by atoms with E-state index >= 15 is 0 Å². The molecule has 144 valence electrons. The fourth-order valence-corrected chi connectivity index (χ4v) is 4.12. The number of fused-ring (bicyclic) bond motifs is 1. The predicted molar refractivity (Wildman–Crippen MR) is 110 cm³/mol. The molecule has 9 heteroatoms. The Morgan fingerprint density at radius 1 is 1.18 bits per heavy atom. The average Bonchev–Trinajstić information content (AvgIpc) is 2.99. The number of likely N-dealkylation sites (tertiary alicyclic amines) is 1. The van der Waals surface area contributed by atoms with Crippen LogP contribution in [0, 0.1) is 13.8 Å². The molecule has 1 aliphatic heterocycles. The van der Waals surface area contributed by atoms with Crippen molar-refractivity contribution >= 4 is 44.9 Å². The van der Waals surface area contributed by atoms with Crippen LogP contribution in [0.15, 0.2) is 30.3 Å². The number of nitrogens with zero attached hydrogens (tertiary/aromatic N) is 3. The van der Waals surface area contributed by atoms with E-state index in [9.17, 15) is 9.59 Å². The zero-order valence-corrected chi connectivity index (χ0v) is 16.3. The van der Waals surface area contributed by atoms with Crippen molar-refractivity contribution in [2.45, 2.75) is 19.9 Å². The van der Waals surface area contributed by atoms with E-state index in [1.165, 1.54) is 11.3 Å². The molecular weight excluding hydrogens is 376 g/mol. The van der Waals surface area contributed by atoms with Crippen LogP contribution in [-0.4, -0.2) is 46.2 Å². The number of anilines is 2. The summed E-state index contributed by atoms with van der Waals surface area (Å²) in [6.07, 6.45) is 0. The molecule has 1 aromatic carbocycles. The summed E-state index contributed by atoms with van der Waals surface area (Å²) in [5.74, 6) is -0.245. The summed E-state index contributed by atoms with van der Waals surface area (Å²) in [5.41, 5.74) is 9.12. The lowest BCUT2D eigenvalue weighted by molar-refractivity contribution is 0.0869. The molecule has 0 unspecified atom stereocenters. The molecule has 0 spiro atoms. The Balaban J connectivity index is 1.38. The van der Waals surface area contributed by atoms with Crippen LogP contribution in [-0.2, 0) is 0 Å². The number of nitrogens with two attached hydrogens (primary N) is 1. The second-order valence-corrected chi connectivity index (χ2v) is 7.81. The SMILES string of the molecule is Cc1nnc2sc(C(=O)NC3CN(C(=O)Nc4ccccc4)C3)c(N)c2c1C. The largest absolute Gasteiger partial charge is 0.397 e. The highest BCUT2D eigenvalue weighted by Gasteiger charge is 2.33. The lowest BCUT2D eigenvalue weighted by Gasteiger charge is -2.39. The van der Waals surface area contributed by atoms with Crippen LogP contribution in [0.25, 0.3) is 10.2 Å². The minimum absolute atomic E-state index is 0.104. The van der Waals surface area contributed by atoms with Gasteiger partial charge in [0.25, 0.3) is 5.91 Å². The normalized spacial score (nSPS) is 14.0. The Hall–Kier alpha value is -3.20. The first kappa shape index (κ1) is 18.2. The molecule has 8 nitrogen and oxygen atoms in total. The Morgan fingerprint density at radius 2 is 1.89 bits per heavy atom. The summed E-state index contributed by atoms with van der Waals surface area (Å²) in [4.78, 5) is 27.6. The summed E-state index contributed by atoms with van der Waals surface area (Å²) >= 11 is 1.24. The number of nitrogen functional groups attached to an aromatic ring is 1. The lowest BCUT2D eigenvalue weighted by Crippen LogP contribution is -2.61. The molecule has 0 bridgehead atoms. The molecule has 0 atom stereocenters. The molecule has 0 saturated carbocycles. The van der Waals surface area contributed by atoms with Crippen molar-refractivity contribution in [1.82, 2.24) is 20.4 Å². The van der Waals surface area contributed by atoms with Gasteiger partial charge in [0, 0.05) is 24.2 Å². The first-order chi connectivity index (χ1) is 13.4. The number of aryl methyl sites for hydroxylation is 2. The predicted octanol–water partition coefficient (Wildman–Crippen LogP) is 2.54. The standard InChI is InChI=1S/C19H20N6O2S/c1-10-11(2)23-24-18-14(10)15(20)16(28-18)17(26)21-13-8-25(9-13)19(27)22-12-6-4-3-5-7-12/h3-7,13H,8-9,20H2,1-2H3,(H,21,26)(H,22,27). The quantitative estimate of drug-likeness (QED) is 0.630. The number of urea groups is 1. The minimum Gasteiger partial charge on any atom is -0.397 e. The molecule has 3 amide bonds. The fourth-order valence-electron chi connectivity index (χ4n) is 3.12. The molecule has 3 heterocycles. The maximum Gasteiger partial charge on any atom is 0.321 e. The molecule has 2 aromatic heterocycles. The second-order valence-electron chi connectivity index (χ2n) is 6.81. The summed E-state index contributed by atoms with van der Waals surface area (Å²) in [7, 11) is 0. The van der Waals surface area contributed by atoms with E-state index in [2.05, 4.69) is 20.8 Å². The Bertz CT molecular complexity index is 1060. The van der Waals surface area contributed by atoms with Gasteiger partial charge in [0.1, 0.15) is 9.71 Å². The zero-order valence-electron chi connectivity index (χ0n) is 15.5. The van der Waals surface area contributed by atoms with Gasteiger partial charge in [-0.15, -0.1) is 16.4 Å². The Kier molecular flexibility index (Phi) is 4.60. The number of para-hydroxylation sites is 1. The highest BCUT2D eigenvalue weighted by atomic mass is 32.1. The lowest BCUT2D eigenvalue weighted by atomic mass is 10.1. The summed E-state index contributed by atoms with van der Waals surface area (Å²) in [5, 5.41) is 14.8. The van der Waals surface area contributed by atoms with Crippen molar-refractivity contribution in [2.75, 3.05) is 24.1 Å². The molecule has 3 aromatic rings. The first-order valence-electron chi connectivity index (χ1n) is 8.87. The van der Waals surface area contributed by atoms with Crippen molar-refractivity contribution in [2.24, 2.45) is 0 Å². The van der Waals surface area contributed by atoms with E-state index in [1.807, 2.05) is 44.2 Å². The van der Waals surface area contributed by atoms with Crippen molar-refractivity contribution in [1.29, 1.82) is 0 Å². The third-order valence-electron chi connectivity index (χ3n) is 4.87. The van der Waals surface area contributed by atoms with Gasteiger partial charge in [-0.3, -0.25) is 4.79 Å². The van der Waals surface area contributed by atoms with Crippen LogP contribution in [0.3, 0.4) is 0 Å². The molecule has 1 saturated heterocycles. The number of thiophene rings is 1. The molecular formula is C19H20N6O2S. The highest BCUT2D eigenvalue weighted by molar-refractivity contribution is 7.21. The first-order valence-corrected chi connectivity index (χ1v) is 9.69. The molecule has 4 rings (SSSR count). The fraction of sp³-hybridized carbons (Fsp3) is 0.263. The monoisotopic (exact) mass is 396 g/mol. The molecule has 0 aliphatic carbocycles. The van der Waals surface area contributed by atoms with Crippen molar-refractivity contribution in [3.63, 3.8) is 0 Å². The van der Waals surface area contributed by atoms with Gasteiger partial charge in [0.05, 0.1) is 17.4 Å². The number of amides is 3. The van der Waals surface area contributed by atoms with Gasteiger partial charge in [-0.05, 0) is 31.5 Å². The zero-order chi connectivity index (χ0) is 19.8. The van der Waals surface area contributed by atoms with Crippen LogP contribution in [0.1, 0.15) is 20.9 Å². The minimum atomic E-state index is -0.245. The number of hydrogen-bond donors (Lipinski definition) is 3. The van der Waals surface area contributed by atoms with E-state index in [4.69, 9.17) is 5.73 Å². The van der Waals surface area contributed by atoms with Crippen LogP contribution in [0.2, 0.25) is 0 Å². The van der Waals surface area contributed by atoms with E-state index in [0.717, 1.165) is 22.3 Å². The maximum absolute atomic E-state index is 12.7. The number of benzene rings is 1. The average molecular weight is 396 g/mol. The van der Waals surface area contributed by atoms with Gasteiger partial charge >= 0.3 is 6.03 Å². The summed E-state index contributed by atoms with van der Waals surface area (Å²) < 4.78 is 0. The Labute approximate surface area is 165 Å². The van der Waals surface area contributed by atoms with E-state index < -0.39 is 0 Å². The van der Waals surface area contributed by atoms with Gasteiger partial charge < -0.3 is 21.3 Å². The van der Waals surface area contributed by atoms with Crippen molar-refractivity contribution < 1.29 is 9.59 Å². The van der Waals surface area contributed by atoms with Crippen LogP contribution >= 0.6 is 11.3 Å². The molecule has 4 N–H and O–H groups in total. The van der Waals surface area contributed by atoms with Gasteiger partial charge in [0.2, 0.25) is 0 Å². The third kappa shape index (κ3) is 3.24. The number of nitrogens with one attached hydrogen (secondary N) is 2. The van der Waals surface area contributed by atoms with E-state index in [-0.39, 0.29) is 18.0 Å². The van der Waals surface area contributed by atoms with Crippen molar-refractivity contribution in [3.8, 4) is 0 Å². The van der Waals surface area contributed by atoms with Gasteiger partial charge in [0.15, 0.2) is 0 Å². The highest BCUT2D eigenvalue weighted by Crippen LogP contribution is 2.34. The molecule has 28 heavy (non-hydrogen) atoms. The maximum atomic E-state index is 12.7. The third-order valence-corrected chi connectivity index (χ3v) is 5.96. The Morgan fingerprint density at radius 3 is 2.61 bits per heavy atom. The number of rotatable bonds is 3. The van der Waals surface area contributed by atoms with E-state index in [0.29, 0.717) is 28.5 Å². The summed E-state index contributed by atoms with van der Waals surface area (Å²) in [6.45, 7) is 4.69. The number of carbonyl (C=O) groups excluding carboxylic acids is 2. The molecule has 1 aliphatic rings. The number of carbonyl (C=O) groups is 2. The smallest absolute Gasteiger partial charge is 0.321 e. The van der Waals surface area contributed by atoms with Gasteiger partial charge in [-0.1, -0.05) is 18.2 Å². The van der Waals surface area contributed by atoms with Gasteiger partial charge in [-0.2, -0.15) is 5.10 Å². The number of aromatic nitrogens is 2. The molecule has 1 fully saturated rings. The van der Waals surface area contributed by atoms with Crippen LogP contribution < -0.4 is 16.4 Å². The van der Waals surface area contributed by atoms with Crippen LogP contribution in [0.4, 0.5) is 16.2 Å². The number of hydrogen-bond acceptors (Lipinski definition) is 6. The van der Waals surface area contributed by atoms with Crippen LogP contribution in [0.5, 0.6) is 0 Å². The topological polar surface area (TPSA) is 113 Å².